The molecule has 1 unspecified atom stereocenters. The topological polar surface area (TPSA) is 27.7 Å². The minimum atomic E-state index is -0.950. The maximum atomic E-state index is 6.12. The quantitative estimate of drug-likeness (QED) is 0.576. The Morgan fingerprint density at radius 1 is 1.05 bits per heavy atom. The van der Waals surface area contributed by atoms with Gasteiger partial charge >= 0.3 is 0 Å². The summed E-state index contributed by atoms with van der Waals surface area (Å²) >= 11 is 0. The van der Waals surface area contributed by atoms with Crippen molar-refractivity contribution in [2.24, 2.45) is 5.92 Å². The van der Waals surface area contributed by atoms with Gasteiger partial charge in [-0.25, -0.2) is 0 Å². The van der Waals surface area contributed by atoms with Crippen molar-refractivity contribution in [3.8, 4) is 0 Å². The van der Waals surface area contributed by atoms with Crippen LogP contribution in [0.2, 0.25) is 0 Å². The van der Waals surface area contributed by atoms with Gasteiger partial charge in [-0.05, 0) is 47.0 Å². The molecule has 115 valence electrons. The molecular formula is C16H33O3. The van der Waals surface area contributed by atoms with Gasteiger partial charge in [-0.2, -0.15) is 0 Å². The van der Waals surface area contributed by atoms with Crippen molar-refractivity contribution in [2.75, 3.05) is 6.61 Å². The van der Waals surface area contributed by atoms with Crippen molar-refractivity contribution in [1.29, 1.82) is 0 Å². The van der Waals surface area contributed by atoms with Gasteiger partial charge in [0.1, 0.15) is 0 Å². The molecule has 0 spiro atoms. The highest BCUT2D eigenvalue weighted by molar-refractivity contribution is 4.69. The summed E-state index contributed by atoms with van der Waals surface area (Å²) in [5.41, 5.74) is -0.312. The van der Waals surface area contributed by atoms with E-state index < -0.39 is 5.97 Å². The second-order valence-electron chi connectivity index (χ2n) is 6.73. The third-order valence-corrected chi connectivity index (χ3v) is 2.25. The average Bonchev–Trinajstić information content (AvgIpc) is 2.20. The Morgan fingerprint density at radius 2 is 1.63 bits per heavy atom. The molecule has 0 rings (SSSR count). The van der Waals surface area contributed by atoms with Crippen molar-refractivity contribution in [1.82, 2.24) is 0 Å². The fourth-order valence-corrected chi connectivity index (χ4v) is 1.73. The molecule has 0 saturated carbocycles. The summed E-state index contributed by atoms with van der Waals surface area (Å²) < 4.78 is 18.1. The Bertz CT molecular complexity index is 231. The summed E-state index contributed by atoms with van der Waals surface area (Å²) in [4.78, 5) is 0. The van der Waals surface area contributed by atoms with E-state index in [0.29, 0.717) is 18.9 Å². The second-order valence-corrected chi connectivity index (χ2v) is 6.73. The van der Waals surface area contributed by atoms with E-state index in [9.17, 15) is 0 Å². The van der Waals surface area contributed by atoms with Gasteiger partial charge in [0.05, 0.1) is 18.3 Å². The van der Waals surface area contributed by atoms with Gasteiger partial charge in [0.25, 0.3) is 5.97 Å². The maximum absolute atomic E-state index is 6.12. The Kier molecular flexibility index (Phi) is 8.18. The lowest BCUT2D eigenvalue weighted by Crippen LogP contribution is -2.47. The lowest BCUT2D eigenvalue weighted by atomic mass is 10.1. The van der Waals surface area contributed by atoms with Gasteiger partial charge in [-0.3, -0.25) is 0 Å². The molecule has 0 amide bonds. The normalized spacial score (nSPS) is 16.1. The van der Waals surface area contributed by atoms with Gasteiger partial charge in [-0.1, -0.05) is 27.2 Å². The first-order valence-electron chi connectivity index (χ1n) is 7.41. The fraction of sp³-hybridized carbons (Fsp3) is 0.938. The molecule has 0 aliphatic carbocycles. The van der Waals surface area contributed by atoms with Crippen LogP contribution in [-0.2, 0) is 14.2 Å². The van der Waals surface area contributed by atoms with Crippen LogP contribution < -0.4 is 0 Å². The first-order valence-corrected chi connectivity index (χ1v) is 7.41. The molecule has 0 aromatic rings. The minimum Gasteiger partial charge on any atom is -0.327 e. The molecule has 0 aliphatic heterocycles. The third kappa shape index (κ3) is 9.42. The Morgan fingerprint density at radius 3 is 2.00 bits per heavy atom. The summed E-state index contributed by atoms with van der Waals surface area (Å²) in [7, 11) is 0. The molecule has 0 heterocycles. The number of unbranched alkanes of at least 4 members (excludes halogenated alkanes) is 1. The van der Waals surface area contributed by atoms with Crippen LogP contribution in [0.15, 0.2) is 0 Å². The summed E-state index contributed by atoms with van der Waals surface area (Å²) in [5, 5.41) is 0. The van der Waals surface area contributed by atoms with E-state index in [0.717, 1.165) is 12.8 Å². The molecule has 1 atom stereocenters. The number of hydrogen-bond donors (Lipinski definition) is 0. The minimum absolute atomic E-state index is 0.0549. The molecule has 3 heteroatoms. The van der Waals surface area contributed by atoms with Crippen molar-refractivity contribution < 1.29 is 14.2 Å². The standard InChI is InChI=1S/C16H33O3/c1-9-10-11-16(18-14(4)5,17-12-13(2)3)19-15(6,7)8/h13-14H,1,9-12H2,2-8H3. The zero-order chi connectivity index (χ0) is 15.1. The van der Waals surface area contributed by atoms with E-state index in [1.165, 1.54) is 0 Å². The maximum Gasteiger partial charge on any atom is 0.283 e. The van der Waals surface area contributed by atoms with Crippen molar-refractivity contribution in [3.63, 3.8) is 0 Å². The first kappa shape index (κ1) is 18.9. The van der Waals surface area contributed by atoms with Gasteiger partial charge in [-0.15, -0.1) is 0 Å². The van der Waals surface area contributed by atoms with E-state index in [1.54, 1.807) is 0 Å². The third-order valence-electron chi connectivity index (χ3n) is 2.25. The average molecular weight is 273 g/mol. The Labute approximate surface area is 120 Å². The second kappa shape index (κ2) is 8.23. The van der Waals surface area contributed by atoms with Crippen LogP contribution >= 0.6 is 0 Å². The van der Waals surface area contributed by atoms with Crippen molar-refractivity contribution in [3.05, 3.63) is 6.92 Å². The van der Waals surface area contributed by atoms with Gasteiger partial charge < -0.3 is 14.2 Å². The monoisotopic (exact) mass is 273 g/mol. The van der Waals surface area contributed by atoms with Crippen LogP contribution in [0.25, 0.3) is 0 Å². The zero-order valence-electron chi connectivity index (χ0n) is 13.9. The van der Waals surface area contributed by atoms with Crippen LogP contribution in [0.4, 0.5) is 0 Å². The summed E-state index contributed by atoms with van der Waals surface area (Å²) in [6, 6.07) is 0. The van der Waals surface area contributed by atoms with E-state index >= 15 is 0 Å². The highest BCUT2D eigenvalue weighted by atomic mass is 16.9. The zero-order valence-corrected chi connectivity index (χ0v) is 13.9. The van der Waals surface area contributed by atoms with E-state index in [1.807, 2.05) is 34.6 Å². The van der Waals surface area contributed by atoms with Crippen LogP contribution in [0, 0.1) is 12.8 Å². The van der Waals surface area contributed by atoms with E-state index in [-0.39, 0.29) is 11.7 Å². The molecule has 0 N–H and O–H groups in total. The largest absolute Gasteiger partial charge is 0.327 e. The molecule has 0 bridgehead atoms. The molecular weight excluding hydrogens is 240 g/mol. The van der Waals surface area contributed by atoms with Crippen LogP contribution in [0.5, 0.6) is 0 Å². The molecule has 0 fully saturated rings. The lowest BCUT2D eigenvalue weighted by Gasteiger charge is -2.40. The van der Waals surface area contributed by atoms with Gasteiger partial charge in [0.2, 0.25) is 0 Å². The first-order chi connectivity index (χ1) is 8.60. The predicted molar refractivity (Wildman–Crippen MR) is 79.8 cm³/mol. The lowest BCUT2D eigenvalue weighted by molar-refractivity contribution is -0.418. The SMILES string of the molecule is [CH2]CCCC(OCC(C)C)(OC(C)C)OC(C)(C)C. The molecule has 3 nitrogen and oxygen atoms in total. The van der Waals surface area contributed by atoms with Crippen LogP contribution in [0.3, 0.4) is 0 Å². The predicted octanol–water partition coefficient (Wildman–Crippen LogP) is 4.56. The van der Waals surface area contributed by atoms with Gasteiger partial charge in [0.15, 0.2) is 0 Å². The fourth-order valence-electron chi connectivity index (χ4n) is 1.73. The number of hydrogen-bond acceptors (Lipinski definition) is 3. The smallest absolute Gasteiger partial charge is 0.283 e. The highest BCUT2D eigenvalue weighted by Crippen LogP contribution is 2.30. The Hall–Kier alpha value is -0.120. The molecule has 19 heavy (non-hydrogen) atoms. The summed E-state index contributed by atoms with van der Waals surface area (Å²) in [6.45, 7) is 18.8. The van der Waals surface area contributed by atoms with E-state index in [2.05, 4.69) is 20.8 Å². The molecule has 0 aromatic heterocycles. The van der Waals surface area contributed by atoms with Crippen LogP contribution in [0.1, 0.15) is 67.7 Å². The highest BCUT2D eigenvalue weighted by Gasteiger charge is 2.38. The van der Waals surface area contributed by atoms with E-state index in [4.69, 9.17) is 14.2 Å². The number of rotatable bonds is 9. The molecule has 0 saturated heterocycles. The molecule has 0 aliphatic rings. The van der Waals surface area contributed by atoms with Crippen molar-refractivity contribution in [2.45, 2.75) is 85.4 Å². The van der Waals surface area contributed by atoms with Crippen LogP contribution in [-0.4, -0.2) is 24.3 Å². The molecule has 0 aromatic carbocycles. The number of ether oxygens (including phenoxy) is 3. The summed E-state index contributed by atoms with van der Waals surface area (Å²) in [5.74, 6) is -0.507. The Balaban J connectivity index is 4.94. The van der Waals surface area contributed by atoms with Gasteiger partial charge in [0, 0.05) is 6.42 Å². The summed E-state index contributed by atoms with van der Waals surface area (Å²) in [6.07, 6.45) is 2.53. The van der Waals surface area contributed by atoms with Crippen molar-refractivity contribution >= 4 is 0 Å². The molecule has 1 radical (unpaired) electrons.